The van der Waals surface area contributed by atoms with Crippen LogP contribution in [0.1, 0.15) is 43.2 Å². The second-order valence-corrected chi connectivity index (χ2v) is 6.17. The number of hydrogen-bond donors (Lipinski definition) is 1. The summed E-state index contributed by atoms with van der Waals surface area (Å²) in [6, 6.07) is 3.83. The van der Waals surface area contributed by atoms with E-state index in [0.717, 1.165) is 19.5 Å². The first kappa shape index (κ1) is 13.8. The lowest BCUT2D eigenvalue weighted by molar-refractivity contribution is 0.645. The van der Waals surface area contributed by atoms with Crippen LogP contribution in [-0.2, 0) is 6.42 Å². The predicted octanol–water partition coefficient (Wildman–Crippen LogP) is 4.47. The van der Waals surface area contributed by atoms with E-state index in [-0.39, 0.29) is 0 Å². The number of nitroso groups, excluding NO2 is 1. The number of nitrogens with one attached hydrogen (secondary N) is 1. The number of rotatable bonds is 2. The zero-order chi connectivity index (χ0) is 14.1. The van der Waals surface area contributed by atoms with Gasteiger partial charge in [-0.25, -0.2) is 0 Å². The molecule has 0 bridgehead atoms. The SMILES string of the molecule is CC1=C(C2CNCCc3cc(Cl)c(N=O)cc32)CCC1. The van der Waals surface area contributed by atoms with Gasteiger partial charge in [-0.1, -0.05) is 22.7 Å². The Hall–Kier alpha value is -1.19. The van der Waals surface area contributed by atoms with Crippen LogP contribution in [-0.4, -0.2) is 13.1 Å². The van der Waals surface area contributed by atoms with Gasteiger partial charge in [-0.15, -0.1) is 4.91 Å². The molecule has 3 rings (SSSR count). The summed E-state index contributed by atoms with van der Waals surface area (Å²) in [5.74, 6) is 0.368. The lowest BCUT2D eigenvalue weighted by Crippen LogP contribution is -2.21. The second kappa shape index (κ2) is 5.66. The molecular weight excluding hydrogens is 272 g/mol. The normalized spacial score (nSPS) is 22.6. The van der Waals surface area contributed by atoms with Crippen molar-refractivity contribution in [2.45, 2.75) is 38.5 Å². The predicted molar refractivity (Wildman–Crippen MR) is 82.8 cm³/mol. The molecule has 1 aromatic rings. The zero-order valence-corrected chi connectivity index (χ0v) is 12.5. The molecule has 0 saturated heterocycles. The summed E-state index contributed by atoms with van der Waals surface area (Å²) in [5.41, 5.74) is 5.92. The number of hydrogen-bond acceptors (Lipinski definition) is 3. The molecule has 0 aromatic heterocycles. The molecule has 1 heterocycles. The third-order valence-corrected chi connectivity index (χ3v) is 4.87. The Morgan fingerprint density at radius 1 is 1.30 bits per heavy atom. The van der Waals surface area contributed by atoms with Crippen molar-refractivity contribution in [1.29, 1.82) is 0 Å². The van der Waals surface area contributed by atoms with Gasteiger partial charge in [-0.3, -0.25) is 0 Å². The lowest BCUT2D eigenvalue weighted by atomic mass is 9.86. The summed E-state index contributed by atoms with van der Waals surface area (Å²) in [6.07, 6.45) is 4.58. The van der Waals surface area contributed by atoms with Crippen molar-refractivity contribution < 1.29 is 0 Å². The molecule has 4 heteroatoms. The summed E-state index contributed by atoms with van der Waals surface area (Å²) in [4.78, 5) is 10.9. The van der Waals surface area contributed by atoms with Crippen LogP contribution in [0, 0.1) is 4.91 Å². The topological polar surface area (TPSA) is 41.5 Å². The fraction of sp³-hybridized carbons (Fsp3) is 0.500. The maximum Gasteiger partial charge on any atom is 0.126 e. The molecule has 106 valence electrons. The van der Waals surface area contributed by atoms with E-state index < -0.39 is 0 Å². The second-order valence-electron chi connectivity index (χ2n) is 5.76. The molecule has 0 amide bonds. The van der Waals surface area contributed by atoms with Gasteiger partial charge < -0.3 is 5.32 Å². The summed E-state index contributed by atoms with van der Waals surface area (Å²) >= 11 is 6.12. The number of fused-ring (bicyclic) bond motifs is 1. The quantitative estimate of drug-likeness (QED) is 0.645. The van der Waals surface area contributed by atoms with Gasteiger partial charge in [0.1, 0.15) is 5.69 Å². The minimum Gasteiger partial charge on any atom is -0.315 e. The Balaban J connectivity index is 2.10. The molecule has 0 saturated carbocycles. The van der Waals surface area contributed by atoms with Crippen LogP contribution in [0.2, 0.25) is 5.02 Å². The Kier molecular flexibility index (Phi) is 3.90. The van der Waals surface area contributed by atoms with Crippen molar-refractivity contribution >= 4 is 17.3 Å². The maximum absolute atomic E-state index is 10.9. The van der Waals surface area contributed by atoms with Crippen molar-refractivity contribution in [3.8, 4) is 0 Å². The van der Waals surface area contributed by atoms with Crippen LogP contribution in [0.15, 0.2) is 28.5 Å². The Morgan fingerprint density at radius 3 is 2.85 bits per heavy atom. The fourth-order valence-electron chi connectivity index (χ4n) is 3.51. The van der Waals surface area contributed by atoms with Crippen molar-refractivity contribution in [2.75, 3.05) is 13.1 Å². The first-order valence-electron chi connectivity index (χ1n) is 7.25. The van der Waals surface area contributed by atoms with Gasteiger partial charge in [0.2, 0.25) is 0 Å². The highest BCUT2D eigenvalue weighted by Crippen LogP contribution is 2.41. The molecule has 3 nitrogen and oxygen atoms in total. The molecule has 0 fully saturated rings. The van der Waals surface area contributed by atoms with Gasteiger partial charge in [0.15, 0.2) is 0 Å². The molecule has 2 aliphatic rings. The van der Waals surface area contributed by atoms with Crippen molar-refractivity contribution in [3.63, 3.8) is 0 Å². The minimum absolute atomic E-state index is 0.368. The average molecular weight is 291 g/mol. The minimum atomic E-state index is 0.368. The average Bonchev–Trinajstić information content (AvgIpc) is 2.76. The van der Waals surface area contributed by atoms with E-state index in [2.05, 4.69) is 17.4 Å². The van der Waals surface area contributed by atoms with Crippen molar-refractivity contribution in [3.05, 3.63) is 44.3 Å². The van der Waals surface area contributed by atoms with Gasteiger partial charge in [0.05, 0.1) is 5.02 Å². The molecule has 1 aliphatic heterocycles. The number of halogens is 1. The molecule has 1 atom stereocenters. The van der Waals surface area contributed by atoms with Crippen LogP contribution in [0.5, 0.6) is 0 Å². The van der Waals surface area contributed by atoms with Crippen LogP contribution in [0.3, 0.4) is 0 Å². The molecule has 0 spiro atoms. The Morgan fingerprint density at radius 2 is 2.15 bits per heavy atom. The van der Waals surface area contributed by atoms with E-state index in [4.69, 9.17) is 11.6 Å². The highest BCUT2D eigenvalue weighted by molar-refractivity contribution is 6.33. The van der Waals surface area contributed by atoms with Gasteiger partial charge in [0.25, 0.3) is 0 Å². The number of benzene rings is 1. The number of allylic oxidation sites excluding steroid dienone is 1. The van der Waals surface area contributed by atoms with E-state index >= 15 is 0 Å². The fourth-order valence-corrected chi connectivity index (χ4v) is 3.73. The van der Waals surface area contributed by atoms with Crippen LogP contribution in [0.25, 0.3) is 0 Å². The van der Waals surface area contributed by atoms with E-state index in [1.807, 2.05) is 12.1 Å². The molecule has 1 unspecified atom stereocenters. The molecule has 1 N–H and O–H groups in total. The van der Waals surface area contributed by atoms with E-state index in [0.29, 0.717) is 16.6 Å². The highest BCUT2D eigenvalue weighted by atomic mass is 35.5. The van der Waals surface area contributed by atoms with Gasteiger partial charge in [-0.2, -0.15) is 0 Å². The highest BCUT2D eigenvalue weighted by Gasteiger charge is 2.26. The van der Waals surface area contributed by atoms with Crippen LogP contribution in [0.4, 0.5) is 5.69 Å². The van der Waals surface area contributed by atoms with Crippen molar-refractivity contribution in [2.24, 2.45) is 5.18 Å². The molecule has 1 aromatic carbocycles. The third-order valence-electron chi connectivity index (χ3n) is 4.57. The Labute approximate surface area is 124 Å². The third kappa shape index (κ3) is 2.40. The van der Waals surface area contributed by atoms with E-state index in [1.54, 1.807) is 5.57 Å². The van der Waals surface area contributed by atoms with Crippen LogP contribution < -0.4 is 5.32 Å². The van der Waals surface area contributed by atoms with Gasteiger partial charge in [0, 0.05) is 12.5 Å². The van der Waals surface area contributed by atoms with Gasteiger partial charge in [-0.05, 0) is 67.6 Å². The zero-order valence-electron chi connectivity index (χ0n) is 11.7. The lowest BCUT2D eigenvalue weighted by Gasteiger charge is -2.21. The first-order valence-corrected chi connectivity index (χ1v) is 7.63. The summed E-state index contributed by atoms with van der Waals surface area (Å²) in [6.45, 7) is 4.14. The maximum atomic E-state index is 10.9. The van der Waals surface area contributed by atoms with E-state index in [1.165, 1.54) is 36.0 Å². The number of nitrogens with zero attached hydrogens (tertiary/aromatic N) is 1. The van der Waals surface area contributed by atoms with Crippen molar-refractivity contribution in [1.82, 2.24) is 5.32 Å². The standard InChI is InChI=1S/C16H19ClN2O/c1-10-3-2-4-12(10)14-9-18-6-5-11-7-15(17)16(19-20)8-13(11)14/h7-8,14,18H,2-6,9H2,1H3. The smallest absolute Gasteiger partial charge is 0.126 e. The molecular formula is C16H19ClN2O. The molecule has 20 heavy (non-hydrogen) atoms. The largest absolute Gasteiger partial charge is 0.315 e. The Bertz CT molecular complexity index is 580. The summed E-state index contributed by atoms with van der Waals surface area (Å²) in [5, 5.41) is 7.05. The summed E-state index contributed by atoms with van der Waals surface area (Å²) < 4.78 is 0. The van der Waals surface area contributed by atoms with Gasteiger partial charge >= 0.3 is 0 Å². The van der Waals surface area contributed by atoms with Crippen LogP contribution >= 0.6 is 11.6 Å². The summed E-state index contributed by atoms with van der Waals surface area (Å²) in [7, 11) is 0. The molecule has 0 radical (unpaired) electrons. The monoisotopic (exact) mass is 290 g/mol. The molecule has 1 aliphatic carbocycles. The first-order chi connectivity index (χ1) is 9.70. The van der Waals surface area contributed by atoms with E-state index in [9.17, 15) is 4.91 Å².